The van der Waals surface area contributed by atoms with E-state index in [-0.39, 0.29) is 5.69 Å². The van der Waals surface area contributed by atoms with Gasteiger partial charge in [0.15, 0.2) is 0 Å². The van der Waals surface area contributed by atoms with E-state index in [9.17, 15) is 31.1 Å². The number of carbonyl (C=O) groups excluding carboxylic acids is 1. The molecule has 1 aromatic carbocycles. The third-order valence-electron chi connectivity index (χ3n) is 2.82. The average Bonchev–Trinajstić information content (AvgIpc) is 2.70. The van der Waals surface area contributed by atoms with Crippen LogP contribution in [0.1, 0.15) is 5.56 Å². The van der Waals surface area contributed by atoms with Gasteiger partial charge in [-0.05, 0) is 18.2 Å². The molecular formula is C11H8F6N2O2. The molecule has 0 radical (unpaired) electrons. The number of rotatable bonds is 1. The summed E-state index contributed by atoms with van der Waals surface area (Å²) in [5, 5.41) is 0. The molecule has 0 aliphatic carbocycles. The van der Waals surface area contributed by atoms with Crippen LogP contribution in [0, 0.1) is 0 Å². The van der Waals surface area contributed by atoms with Gasteiger partial charge in [0.05, 0.1) is 23.5 Å². The predicted molar refractivity (Wildman–Crippen MR) is 59.5 cm³/mol. The van der Waals surface area contributed by atoms with Gasteiger partial charge in [0, 0.05) is 0 Å². The Balaban J connectivity index is 2.29. The maximum Gasteiger partial charge on any atom is 0.427 e. The van der Waals surface area contributed by atoms with Gasteiger partial charge >= 0.3 is 18.4 Å². The number of hydrogen-bond donors (Lipinski definition) is 1. The Hall–Kier alpha value is -2.13. The fraction of sp³-hybridized carbons (Fsp3) is 0.364. The molecule has 0 unspecified atom stereocenters. The van der Waals surface area contributed by atoms with Crippen LogP contribution in [-0.2, 0) is 10.9 Å². The lowest BCUT2D eigenvalue weighted by Crippen LogP contribution is -2.33. The van der Waals surface area contributed by atoms with E-state index in [0.717, 1.165) is 6.07 Å². The Kier molecular flexibility index (Phi) is 3.42. The van der Waals surface area contributed by atoms with Gasteiger partial charge < -0.3 is 10.5 Å². The molecule has 1 fully saturated rings. The molecule has 1 aliphatic rings. The Bertz CT molecular complexity index is 569. The molecule has 2 rings (SSSR count). The number of cyclic esters (lactones) is 1. The van der Waals surface area contributed by atoms with Crippen molar-refractivity contribution >= 4 is 17.5 Å². The SMILES string of the molecule is Nc1cc(C(F)(F)F)ccc1N1C[C@H](C(F)(F)F)OC1=O. The zero-order valence-electron chi connectivity index (χ0n) is 10.1. The summed E-state index contributed by atoms with van der Waals surface area (Å²) in [6, 6.07) is 2.00. The average molecular weight is 314 g/mol. The van der Waals surface area contributed by atoms with E-state index in [2.05, 4.69) is 4.74 Å². The standard InChI is InChI=1S/C11H8F6N2O2/c12-10(13,14)5-1-2-7(6(18)3-5)19-4-8(11(15,16)17)21-9(19)20/h1-3,8H,4,18H2/t8-/m1/s1. The van der Waals surface area contributed by atoms with Gasteiger partial charge in [-0.25, -0.2) is 4.79 Å². The second kappa shape index (κ2) is 4.71. The van der Waals surface area contributed by atoms with Crippen molar-refractivity contribution < 1.29 is 35.9 Å². The molecule has 21 heavy (non-hydrogen) atoms. The number of nitrogen functional groups attached to an aromatic ring is 1. The largest absolute Gasteiger partial charge is 0.434 e. The van der Waals surface area contributed by atoms with Crippen LogP contribution in [0.15, 0.2) is 18.2 Å². The van der Waals surface area contributed by atoms with Gasteiger partial charge in [0.2, 0.25) is 6.10 Å². The lowest BCUT2D eigenvalue weighted by molar-refractivity contribution is -0.191. The zero-order valence-corrected chi connectivity index (χ0v) is 10.1. The minimum Gasteiger partial charge on any atom is -0.434 e. The highest BCUT2D eigenvalue weighted by Gasteiger charge is 2.50. The third-order valence-corrected chi connectivity index (χ3v) is 2.82. The van der Waals surface area contributed by atoms with E-state index < -0.39 is 42.3 Å². The van der Waals surface area contributed by atoms with Crippen LogP contribution < -0.4 is 10.6 Å². The Morgan fingerprint density at radius 3 is 2.24 bits per heavy atom. The van der Waals surface area contributed by atoms with Crippen molar-refractivity contribution in [2.24, 2.45) is 0 Å². The number of amides is 1. The second-order valence-corrected chi connectivity index (χ2v) is 4.30. The number of ether oxygens (including phenoxy) is 1. The Labute approximate surface area is 114 Å². The normalized spacial score (nSPS) is 19.8. The van der Waals surface area contributed by atoms with Crippen molar-refractivity contribution in [1.29, 1.82) is 0 Å². The summed E-state index contributed by atoms with van der Waals surface area (Å²) in [5.41, 5.74) is 3.59. The number of halogens is 6. The van der Waals surface area contributed by atoms with Gasteiger partial charge in [0.25, 0.3) is 0 Å². The summed E-state index contributed by atoms with van der Waals surface area (Å²) in [6.45, 7) is -0.863. The number of alkyl halides is 6. The van der Waals surface area contributed by atoms with Crippen LogP contribution in [0.3, 0.4) is 0 Å². The highest BCUT2D eigenvalue weighted by Crippen LogP contribution is 2.37. The molecule has 0 bridgehead atoms. The van der Waals surface area contributed by atoms with Crippen LogP contribution >= 0.6 is 0 Å². The number of carbonyl (C=O) groups is 1. The van der Waals surface area contributed by atoms with Crippen LogP contribution in [0.4, 0.5) is 42.5 Å². The van der Waals surface area contributed by atoms with Crippen LogP contribution in [0.25, 0.3) is 0 Å². The molecule has 1 heterocycles. The number of nitrogens with zero attached hydrogens (tertiary/aromatic N) is 1. The first-order valence-electron chi connectivity index (χ1n) is 5.51. The molecule has 1 aromatic rings. The van der Waals surface area contributed by atoms with Crippen molar-refractivity contribution in [3.63, 3.8) is 0 Å². The maximum atomic E-state index is 12.5. The first-order valence-corrected chi connectivity index (χ1v) is 5.51. The molecule has 4 nitrogen and oxygen atoms in total. The summed E-state index contributed by atoms with van der Waals surface area (Å²) in [6.07, 6.45) is -13.1. The fourth-order valence-corrected chi connectivity index (χ4v) is 1.81. The molecule has 1 atom stereocenters. The quantitative estimate of drug-likeness (QED) is 0.640. The second-order valence-electron chi connectivity index (χ2n) is 4.30. The van der Waals surface area contributed by atoms with Crippen molar-refractivity contribution in [2.75, 3.05) is 17.2 Å². The molecule has 10 heteroatoms. The summed E-state index contributed by atoms with van der Waals surface area (Å²) in [7, 11) is 0. The molecule has 2 N–H and O–H groups in total. The van der Waals surface area contributed by atoms with Crippen molar-refractivity contribution in [3.8, 4) is 0 Å². The zero-order chi connectivity index (χ0) is 16.0. The predicted octanol–water partition coefficient (Wildman–Crippen LogP) is 3.18. The van der Waals surface area contributed by atoms with Gasteiger partial charge in [-0.15, -0.1) is 0 Å². The topological polar surface area (TPSA) is 55.6 Å². The Morgan fingerprint density at radius 2 is 1.81 bits per heavy atom. The highest BCUT2D eigenvalue weighted by atomic mass is 19.4. The third kappa shape index (κ3) is 2.98. The first-order chi connectivity index (χ1) is 9.50. The highest BCUT2D eigenvalue weighted by molar-refractivity contribution is 5.93. The molecule has 116 valence electrons. The lowest BCUT2D eigenvalue weighted by atomic mass is 10.1. The number of nitrogens with two attached hydrogens (primary N) is 1. The van der Waals surface area contributed by atoms with E-state index in [1.165, 1.54) is 0 Å². The van der Waals surface area contributed by atoms with Gasteiger partial charge in [-0.3, -0.25) is 4.90 Å². The van der Waals surface area contributed by atoms with Crippen LogP contribution in [0.5, 0.6) is 0 Å². The van der Waals surface area contributed by atoms with Crippen LogP contribution in [-0.4, -0.2) is 24.9 Å². The smallest absolute Gasteiger partial charge is 0.427 e. The molecule has 1 amide bonds. The van der Waals surface area contributed by atoms with Crippen LogP contribution in [0.2, 0.25) is 0 Å². The van der Waals surface area contributed by atoms with Gasteiger partial charge in [-0.1, -0.05) is 0 Å². The molecule has 0 spiro atoms. The van der Waals surface area contributed by atoms with E-state index in [0.29, 0.717) is 17.0 Å². The summed E-state index contributed by atoms with van der Waals surface area (Å²) in [5.74, 6) is 0. The number of benzene rings is 1. The molecule has 0 aromatic heterocycles. The number of hydrogen-bond acceptors (Lipinski definition) is 3. The summed E-state index contributed by atoms with van der Waals surface area (Å²) in [4.78, 5) is 11.9. The van der Waals surface area contributed by atoms with E-state index in [1.54, 1.807) is 0 Å². The minimum atomic E-state index is -4.76. The van der Waals surface area contributed by atoms with Crippen molar-refractivity contribution in [3.05, 3.63) is 23.8 Å². The molecule has 1 aliphatic heterocycles. The van der Waals surface area contributed by atoms with Gasteiger partial charge in [0.1, 0.15) is 0 Å². The molecular weight excluding hydrogens is 306 g/mol. The Morgan fingerprint density at radius 1 is 1.19 bits per heavy atom. The lowest BCUT2D eigenvalue weighted by Gasteiger charge is -2.17. The van der Waals surface area contributed by atoms with E-state index in [4.69, 9.17) is 5.73 Å². The van der Waals surface area contributed by atoms with E-state index >= 15 is 0 Å². The van der Waals surface area contributed by atoms with Crippen molar-refractivity contribution in [1.82, 2.24) is 0 Å². The maximum absolute atomic E-state index is 12.5. The fourth-order valence-electron chi connectivity index (χ4n) is 1.81. The summed E-state index contributed by atoms with van der Waals surface area (Å²) >= 11 is 0. The van der Waals surface area contributed by atoms with Gasteiger partial charge in [-0.2, -0.15) is 26.3 Å². The monoisotopic (exact) mass is 314 g/mol. The van der Waals surface area contributed by atoms with E-state index in [1.807, 2.05) is 0 Å². The first kappa shape index (κ1) is 15.3. The molecule has 1 saturated heterocycles. The summed E-state index contributed by atoms with van der Waals surface area (Å²) < 4.78 is 78.9. The molecule has 0 saturated carbocycles. The minimum absolute atomic E-state index is 0.264. The number of anilines is 2. The van der Waals surface area contributed by atoms with Crippen molar-refractivity contribution in [2.45, 2.75) is 18.5 Å².